The van der Waals surface area contributed by atoms with E-state index in [-0.39, 0.29) is 5.84 Å². The van der Waals surface area contributed by atoms with Crippen LogP contribution in [-0.4, -0.2) is 10.8 Å². The molecular formula is C11H11N3. The Labute approximate surface area is 82.1 Å². The SMILES string of the molecule is Cc1ccnc2ccc(C(=N)N)cc12. The van der Waals surface area contributed by atoms with Crippen molar-refractivity contribution in [2.45, 2.75) is 6.92 Å². The maximum absolute atomic E-state index is 7.34. The maximum Gasteiger partial charge on any atom is 0.122 e. The molecule has 70 valence electrons. The number of rotatable bonds is 1. The predicted octanol–water partition coefficient (Wildman–Crippen LogP) is 1.83. The number of nitrogen functional groups attached to an aromatic ring is 1. The van der Waals surface area contributed by atoms with E-state index in [0.717, 1.165) is 22.0 Å². The van der Waals surface area contributed by atoms with Gasteiger partial charge in [-0.2, -0.15) is 0 Å². The van der Waals surface area contributed by atoms with E-state index in [0.29, 0.717) is 0 Å². The molecule has 0 bridgehead atoms. The Balaban J connectivity index is 2.76. The van der Waals surface area contributed by atoms with Gasteiger partial charge in [-0.15, -0.1) is 0 Å². The van der Waals surface area contributed by atoms with Crippen molar-refractivity contribution in [2.75, 3.05) is 0 Å². The average Bonchev–Trinajstić information content (AvgIpc) is 2.18. The smallest absolute Gasteiger partial charge is 0.122 e. The van der Waals surface area contributed by atoms with Gasteiger partial charge < -0.3 is 5.73 Å². The van der Waals surface area contributed by atoms with Crippen molar-refractivity contribution in [1.29, 1.82) is 5.41 Å². The van der Waals surface area contributed by atoms with Crippen LogP contribution in [0.15, 0.2) is 30.5 Å². The third-order valence-electron chi connectivity index (χ3n) is 2.27. The molecule has 0 radical (unpaired) electrons. The Morgan fingerprint density at radius 3 is 2.86 bits per heavy atom. The highest BCUT2D eigenvalue weighted by atomic mass is 14.7. The minimum Gasteiger partial charge on any atom is -0.384 e. The van der Waals surface area contributed by atoms with Crippen LogP contribution in [0.2, 0.25) is 0 Å². The van der Waals surface area contributed by atoms with Crippen molar-refractivity contribution >= 4 is 16.7 Å². The number of nitrogens with two attached hydrogens (primary N) is 1. The fourth-order valence-corrected chi connectivity index (χ4v) is 1.45. The second kappa shape index (κ2) is 3.10. The number of aryl methyl sites for hydroxylation is 1. The molecule has 0 amide bonds. The second-order valence-electron chi connectivity index (χ2n) is 3.27. The van der Waals surface area contributed by atoms with E-state index in [1.807, 2.05) is 31.2 Å². The van der Waals surface area contributed by atoms with E-state index in [4.69, 9.17) is 11.1 Å². The molecule has 2 rings (SSSR count). The molecule has 0 fully saturated rings. The highest BCUT2D eigenvalue weighted by Crippen LogP contribution is 2.17. The van der Waals surface area contributed by atoms with Gasteiger partial charge in [-0.05, 0) is 36.8 Å². The zero-order chi connectivity index (χ0) is 10.1. The molecule has 0 spiro atoms. The normalized spacial score (nSPS) is 10.4. The lowest BCUT2D eigenvalue weighted by Gasteiger charge is -2.03. The third-order valence-corrected chi connectivity index (χ3v) is 2.27. The molecule has 3 heteroatoms. The van der Waals surface area contributed by atoms with Crippen LogP contribution < -0.4 is 5.73 Å². The predicted molar refractivity (Wildman–Crippen MR) is 57.5 cm³/mol. The molecule has 2 aromatic rings. The minimum absolute atomic E-state index is 0.0927. The van der Waals surface area contributed by atoms with E-state index in [1.54, 1.807) is 6.20 Å². The number of fused-ring (bicyclic) bond motifs is 1. The molecule has 1 aromatic heterocycles. The minimum atomic E-state index is 0.0927. The maximum atomic E-state index is 7.34. The van der Waals surface area contributed by atoms with E-state index in [1.165, 1.54) is 0 Å². The van der Waals surface area contributed by atoms with Crippen molar-refractivity contribution in [1.82, 2.24) is 4.98 Å². The van der Waals surface area contributed by atoms with Gasteiger partial charge in [0.05, 0.1) is 5.52 Å². The summed E-state index contributed by atoms with van der Waals surface area (Å²) < 4.78 is 0. The standard InChI is InChI=1S/C11H11N3/c1-7-4-5-14-10-3-2-8(11(12)13)6-9(7)10/h2-6H,1H3,(H3,12,13). The van der Waals surface area contributed by atoms with Crippen molar-refractivity contribution in [2.24, 2.45) is 5.73 Å². The Morgan fingerprint density at radius 2 is 2.14 bits per heavy atom. The summed E-state index contributed by atoms with van der Waals surface area (Å²) in [5, 5.41) is 8.39. The largest absolute Gasteiger partial charge is 0.384 e. The van der Waals surface area contributed by atoms with Gasteiger partial charge in [0.15, 0.2) is 0 Å². The molecule has 0 atom stereocenters. The average molecular weight is 185 g/mol. The summed E-state index contributed by atoms with van der Waals surface area (Å²) in [6.45, 7) is 2.02. The zero-order valence-electron chi connectivity index (χ0n) is 7.91. The fraction of sp³-hybridized carbons (Fsp3) is 0.0909. The van der Waals surface area contributed by atoms with E-state index < -0.39 is 0 Å². The summed E-state index contributed by atoms with van der Waals surface area (Å²) in [7, 11) is 0. The first-order valence-corrected chi connectivity index (χ1v) is 4.38. The summed E-state index contributed by atoms with van der Waals surface area (Å²) in [4.78, 5) is 4.23. The number of hydrogen-bond acceptors (Lipinski definition) is 2. The number of nitrogens with one attached hydrogen (secondary N) is 1. The van der Waals surface area contributed by atoms with Crippen molar-refractivity contribution in [3.63, 3.8) is 0 Å². The van der Waals surface area contributed by atoms with E-state index in [9.17, 15) is 0 Å². The van der Waals surface area contributed by atoms with E-state index >= 15 is 0 Å². The quantitative estimate of drug-likeness (QED) is 0.526. The van der Waals surface area contributed by atoms with Crippen molar-refractivity contribution in [3.8, 4) is 0 Å². The first-order valence-electron chi connectivity index (χ1n) is 4.38. The van der Waals surface area contributed by atoms with Crippen LogP contribution in [0.5, 0.6) is 0 Å². The molecule has 0 aliphatic carbocycles. The first kappa shape index (κ1) is 8.69. The van der Waals surface area contributed by atoms with Gasteiger partial charge in [0.2, 0.25) is 0 Å². The summed E-state index contributed by atoms with van der Waals surface area (Å²) in [6.07, 6.45) is 1.78. The molecule has 0 aliphatic rings. The van der Waals surface area contributed by atoms with Gasteiger partial charge >= 0.3 is 0 Å². The van der Waals surface area contributed by atoms with Crippen LogP contribution in [0, 0.1) is 12.3 Å². The first-order chi connectivity index (χ1) is 6.68. The Kier molecular flexibility index (Phi) is 1.93. The summed E-state index contributed by atoms with van der Waals surface area (Å²) >= 11 is 0. The van der Waals surface area contributed by atoms with Crippen molar-refractivity contribution in [3.05, 3.63) is 41.6 Å². The van der Waals surface area contributed by atoms with Crippen LogP contribution >= 0.6 is 0 Å². The Morgan fingerprint density at radius 1 is 1.36 bits per heavy atom. The number of benzene rings is 1. The molecule has 0 unspecified atom stereocenters. The third kappa shape index (κ3) is 1.33. The molecule has 0 saturated heterocycles. The topological polar surface area (TPSA) is 62.8 Å². The number of nitrogens with zero attached hydrogens (tertiary/aromatic N) is 1. The summed E-state index contributed by atoms with van der Waals surface area (Å²) in [5.41, 5.74) is 8.25. The number of aromatic nitrogens is 1. The van der Waals surface area contributed by atoms with Crippen LogP contribution in [-0.2, 0) is 0 Å². The molecule has 0 aliphatic heterocycles. The van der Waals surface area contributed by atoms with Gasteiger partial charge in [-0.25, -0.2) is 0 Å². The van der Waals surface area contributed by atoms with Gasteiger partial charge in [-0.3, -0.25) is 10.4 Å². The lowest BCUT2D eigenvalue weighted by Crippen LogP contribution is -2.10. The van der Waals surface area contributed by atoms with Gasteiger partial charge in [-0.1, -0.05) is 0 Å². The molecule has 3 N–H and O–H groups in total. The highest BCUT2D eigenvalue weighted by Gasteiger charge is 2.01. The van der Waals surface area contributed by atoms with Gasteiger partial charge in [0, 0.05) is 17.1 Å². The van der Waals surface area contributed by atoms with E-state index in [2.05, 4.69) is 4.98 Å². The molecule has 1 aromatic carbocycles. The van der Waals surface area contributed by atoms with Crippen molar-refractivity contribution < 1.29 is 0 Å². The van der Waals surface area contributed by atoms with Crippen LogP contribution in [0.3, 0.4) is 0 Å². The Hall–Kier alpha value is -1.90. The lowest BCUT2D eigenvalue weighted by molar-refractivity contribution is 1.36. The molecular weight excluding hydrogens is 174 g/mol. The second-order valence-corrected chi connectivity index (χ2v) is 3.27. The Bertz CT molecular complexity index is 503. The summed E-state index contributed by atoms with van der Waals surface area (Å²) in [5.74, 6) is 0.0927. The number of pyridine rings is 1. The fourth-order valence-electron chi connectivity index (χ4n) is 1.45. The zero-order valence-corrected chi connectivity index (χ0v) is 7.91. The lowest BCUT2D eigenvalue weighted by atomic mass is 10.1. The molecule has 3 nitrogen and oxygen atoms in total. The van der Waals surface area contributed by atoms with Crippen LogP contribution in [0.25, 0.3) is 10.9 Å². The highest BCUT2D eigenvalue weighted by molar-refractivity contribution is 5.99. The molecule has 14 heavy (non-hydrogen) atoms. The number of amidine groups is 1. The van der Waals surface area contributed by atoms with Gasteiger partial charge in [0.25, 0.3) is 0 Å². The molecule has 1 heterocycles. The van der Waals surface area contributed by atoms with Crippen LogP contribution in [0.1, 0.15) is 11.1 Å². The number of hydrogen-bond donors (Lipinski definition) is 2. The summed E-state index contributed by atoms with van der Waals surface area (Å²) in [6, 6.07) is 7.56. The molecule has 0 saturated carbocycles. The monoisotopic (exact) mass is 185 g/mol. The van der Waals surface area contributed by atoms with Gasteiger partial charge in [0.1, 0.15) is 5.84 Å². The van der Waals surface area contributed by atoms with Crippen LogP contribution in [0.4, 0.5) is 0 Å².